The fourth-order valence-electron chi connectivity index (χ4n) is 2.01. The Morgan fingerprint density at radius 1 is 1.08 bits per heavy atom. The largest absolute Gasteiger partial charge is 0.504 e. The van der Waals surface area contributed by atoms with E-state index in [0.29, 0.717) is 5.56 Å². The Morgan fingerprint density at radius 2 is 1.79 bits per heavy atom. The van der Waals surface area contributed by atoms with Crippen LogP contribution in [0.5, 0.6) is 11.5 Å². The quantitative estimate of drug-likeness (QED) is 0.591. The van der Waals surface area contributed by atoms with Crippen molar-refractivity contribution in [1.29, 1.82) is 0 Å². The number of hydrogen-bond acceptors (Lipinski definition) is 3. The molecule has 126 valence electrons. The van der Waals surface area contributed by atoms with Gasteiger partial charge in [0.1, 0.15) is 0 Å². The van der Waals surface area contributed by atoms with Crippen molar-refractivity contribution in [3.05, 3.63) is 65.2 Å². The number of aromatic hydroxyl groups is 2. The molecule has 24 heavy (non-hydrogen) atoms. The lowest BCUT2D eigenvalue weighted by atomic mass is 10.1. The lowest BCUT2D eigenvalue weighted by Crippen LogP contribution is -2.22. The van der Waals surface area contributed by atoms with Crippen LogP contribution in [0.15, 0.2) is 48.5 Å². The number of carbonyl (C=O) groups is 1. The second-order valence-corrected chi connectivity index (χ2v) is 4.95. The zero-order valence-electron chi connectivity index (χ0n) is 12.3. The molecule has 0 saturated heterocycles. The number of alkyl halides is 3. The van der Waals surface area contributed by atoms with Gasteiger partial charge in [-0.15, -0.1) is 0 Å². The van der Waals surface area contributed by atoms with Crippen LogP contribution in [0, 0.1) is 0 Å². The molecule has 0 bridgehead atoms. The first-order valence-electron chi connectivity index (χ1n) is 6.90. The first-order valence-corrected chi connectivity index (χ1v) is 6.90. The highest BCUT2D eigenvalue weighted by molar-refractivity contribution is 5.91. The summed E-state index contributed by atoms with van der Waals surface area (Å²) in [7, 11) is 0. The first kappa shape index (κ1) is 17.4. The second kappa shape index (κ2) is 7.08. The first-order chi connectivity index (χ1) is 11.3. The number of hydrogen-bond donors (Lipinski definition) is 3. The predicted octanol–water partition coefficient (Wildman–Crippen LogP) is 3.45. The van der Waals surface area contributed by atoms with E-state index in [-0.39, 0.29) is 23.6 Å². The normalized spacial score (nSPS) is 11.6. The highest BCUT2D eigenvalue weighted by atomic mass is 19.4. The van der Waals surface area contributed by atoms with Gasteiger partial charge in [-0.25, -0.2) is 0 Å². The zero-order valence-corrected chi connectivity index (χ0v) is 12.3. The molecule has 0 atom stereocenters. The molecule has 4 nitrogen and oxygen atoms in total. The van der Waals surface area contributed by atoms with Gasteiger partial charge in [0.15, 0.2) is 11.5 Å². The van der Waals surface area contributed by atoms with Crippen molar-refractivity contribution in [1.82, 2.24) is 5.32 Å². The molecule has 2 aromatic rings. The summed E-state index contributed by atoms with van der Waals surface area (Å²) in [5, 5.41) is 20.9. The molecule has 0 aliphatic heterocycles. The van der Waals surface area contributed by atoms with E-state index in [4.69, 9.17) is 0 Å². The number of amides is 1. The summed E-state index contributed by atoms with van der Waals surface area (Å²) in [6, 6.07) is 8.97. The standard InChI is InChI=1S/C17H14F3NO3/c18-17(19,20)13-4-2-1-3-12(13)10-21-16(24)8-6-11-5-7-14(22)15(23)9-11/h1-9,22-23H,10H2,(H,21,24)/b8-6+. The number of phenolic OH excluding ortho intramolecular Hbond substituents is 2. The summed E-state index contributed by atoms with van der Waals surface area (Å²) in [6.07, 6.45) is -1.99. The van der Waals surface area contributed by atoms with Gasteiger partial charge >= 0.3 is 6.18 Å². The van der Waals surface area contributed by atoms with Crippen molar-refractivity contribution < 1.29 is 28.2 Å². The molecule has 7 heteroatoms. The van der Waals surface area contributed by atoms with Crippen LogP contribution in [0.4, 0.5) is 13.2 Å². The number of halogens is 3. The molecule has 0 radical (unpaired) electrons. The van der Waals surface area contributed by atoms with E-state index in [1.807, 2.05) is 0 Å². The summed E-state index contributed by atoms with van der Waals surface area (Å²) in [5.74, 6) is -1.21. The molecule has 1 amide bonds. The van der Waals surface area contributed by atoms with Crippen molar-refractivity contribution in [3.63, 3.8) is 0 Å². The van der Waals surface area contributed by atoms with Gasteiger partial charge in [0, 0.05) is 12.6 Å². The van der Waals surface area contributed by atoms with Gasteiger partial charge in [-0.2, -0.15) is 13.2 Å². The number of phenols is 2. The van der Waals surface area contributed by atoms with Crippen LogP contribution < -0.4 is 5.32 Å². The second-order valence-electron chi connectivity index (χ2n) is 4.95. The molecule has 0 heterocycles. The van der Waals surface area contributed by atoms with Gasteiger partial charge in [-0.1, -0.05) is 24.3 Å². The van der Waals surface area contributed by atoms with Crippen LogP contribution in [-0.2, 0) is 17.5 Å². The van der Waals surface area contributed by atoms with Crippen LogP contribution in [0.2, 0.25) is 0 Å². The van der Waals surface area contributed by atoms with Crippen LogP contribution in [-0.4, -0.2) is 16.1 Å². The molecule has 2 rings (SSSR count). The Hall–Kier alpha value is -2.96. The monoisotopic (exact) mass is 337 g/mol. The van der Waals surface area contributed by atoms with Gasteiger partial charge < -0.3 is 15.5 Å². The maximum Gasteiger partial charge on any atom is 0.416 e. The topological polar surface area (TPSA) is 69.6 Å². The zero-order chi connectivity index (χ0) is 17.7. The maximum absolute atomic E-state index is 12.8. The van der Waals surface area contributed by atoms with E-state index in [9.17, 15) is 28.2 Å². The third kappa shape index (κ3) is 4.52. The predicted molar refractivity (Wildman–Crippen MR) is 82.1 cm³/mol. The average Bonchev–Trinajstić information content (AvgIpc) is 2.53. The smallest absolute Gasteiger partial charge is 0.416 e. The molecular formula is C17H14F3NO3. The van der Waals surface area contributed by atoms with Crippen molar-refractivity contribution >= 4 is 12.0 Å². The lowest BCUT2D eigenvalue weighted by Gasteiger charge is -2.12. The molecule has 3 N–H and O–H groups in total. The van der Waals surface area contributed by atoms with E-state index in [1.165, 1.54) is 42.5 Å². The van der Waals surface area contributed by atoms with Gasteiger partial charge in [-0.3, -0.25) is 4.79 Å². The minimum atomic E-state index is -4.49. The molecule has 2 aromatic carbocycles. The Kier molecular flexibility index (Phi) is 5.13. The van der Waals surface area contributed by atoms with Crippen molar-refractivity contribution in [3.8, 4) is 11.5 Å². The summed E-state index contributed by atoms with van der Waals surface area (Å²) in [5.41, 5.74) is -0.372. The van der Waals surface area contributed by atoms with Gasteiger partial charge in [0.2, 0.25) is 5.91 Å². The number of nitrogens with one attached hydrogen (secondary N) is 1. The third-order valence-corrected chi connectivity index (χ3v) is 3.20. The number of carbonyl (C=O) groups excluding carboxylic acids is 1. The van der Waals surface area contributed by atoms with Gasteiger partial charge in [-0.05, 0) is 35.4 Å². The molecule has 0 fully saturated rings. The van der Waals surface area contributed by atoms with Crippen LogP contribution >= 0.6 is 0 Å². The van der Waals surface area contributed by atoms with E-state index in [0.717, 1.165) is 12.1 Å². The molecule has 0 aliphatic rings. The Morgan fingerprint density at radius 3 is 2.46 bits per heavy atom. The Balaban J connectivity index is 2.01. The van der Waals surface area contributed by atoms with Crippen LogP contribution in [0.3, 0.4) is 0 Å². The van der Waals surface area contributed by atoms with E-state index in [1.54, 1.807) is 0 Å². The molecule has 0 unspecified atom stereocenters. The molecular weight excluding hydrogens is 323 g/mol. The SMILES string of the molecule is O=C(/C=C/c1ccc(O)c(O)c1)NCc1ccccc1C(F)(F)F. The van der Waals surface area contributed by atoms with Crippen molar-refractivity contribution in [2.45, 2.75) is 12.7 Å². The van der Waals surface area contributed by atoms with E-state index >= 15 is 0 Å². The Bertz CT molecular complexity index is 770. The number of rotatable bonds is 4. The number of benzene rings is 2. The highest BCUT2D eigenvalue weighted by Crippen LogP contribution is 2.31. The lowest BCUT2D eigenvalue weighted by molar-refractivity contribution is -0.138. The summed E-state index contributed by atoms with van der Waals surface area (Å²) in [4.78, 5) is 11.7. The average molecular weight is 337 g/mol. The minimum Gasteiger partial charge on any atom is -0.504 e. The van der Waals surface area contributed by atoms with Crippen molar-refractivity contribution in [2.75, 3.05) is 0 Å². The molecule has 0 aliphatic carbocycles. The molecule has 0 aromatic heterocycles. The van der Waals surface area contributed by atoms with Crippen LogP contribution in [0.1, 0.15) is 16.7 Å². The summed E-state index contributed by atoms with van der Waals surface area (Å²) in [6.45, 7) is -0.264. The minimum absolute atomic E-state index is 0.0333. The maximum atomic E-state index is 12.8. The van der Waals surface area contributed by atoms with Crippen molar-refractivity contribution in [2.24, 2.45) is 0 Å². The molecule has 0 saturated carbocycles. The van der Waals surface area contributed by atoms with E-state index < -0.39 is 17.6 Å². The fraction of sp³-hybridized carbons (Fsp3) is 0.118. The summed E-state index contributed by atoms with van der Waals surface area (Å²) < 4.78 is 38.5. The highest BCUT2D eigenvalue weighted by Gasteiger charge is 2.32. The van der Waals surface area contributed by atoms with Crippen LogP contribution in [0.25, 0.3) is 6.08 Å². The molecule has 0 spiro atoms. The Labute approximate surface area is 135 Å². The third-order valence-electron chi connectivity index (χ3n) is 3.20. The fourth-order valence-corrected chi connectivity index (χ4v) is 2.01. The summed E-state index contributed by atoms with van der Waals surface area (Å²) >= 11 is 0. The van der Waals surface area contributed by atoms with Gasteiger partial charge in [0.05, 0.1) is 5.56 Å². The van der Waals surface area contributed by atoms with E-state index in [2.05, 4.69) is 5.32 Å². The van der Waals surface area contributed by atoms with Gasteiger partial charge in [0.25, 0.3) is 0 Å².